The fraction of sp³-hybridized carbons (Fsp3) is 0.278. The third kappa shape index (κ3) is 2.92. The molecule has 4 rings (SSSR count). The van der Waals surface area contributed by atoms with Crippen LogP contribution < -0.4 is 21.9 Å². The minimum atomic E-state index is -0.0157. The molecule has 124 valence electrons. The van der Waals surface area contributed by atoms with Gasteiger partial charge in [-0.1, -0.05) is 42.5 Å². The summed E-state index contributed by atoms with van der Waals surface area (Å²) in [7, 11) is 0. The van der Waals surface area contributed by atoms with Gasteiger partial charge in [0, 0.05) is 12.1 Å². The highest BCUT2D eigenvalue weighted by Gasteiger charge is 2.30. The molecule has 2 heterocycles. The van der Waals surface area contributed by atoms with Gasteiger partial charge in [0.15, 0.2) is 0 Å². The Kier molecular flexibility index (Phi) is 4.27. The van der Waals surface area contributed by atoms with E-state index in [4.69, 9.17) is 0 Å². The molecule has 2 fully saturated rings. The van der Waals surface area contributed by atoms with E-state index < -0.39 is 0 Å². The smallest absolute Gasteiger partial charge is 0.254 e. The Morgan fingerprint density at radius 3 is 2.33 bits per heavy atom. The van der Waals surface area contributed by atoms with Gasteiger partial charge in [0.1, 0.15) is 6.17 Å². The lowest BCUT2D eigenvalue weighted by Crippen LogP contribution is -2.33. The summed E-state index contributed by atoms with van der Waals surface area (Å²) in [6.45, 7) is 0.819. The van der Waals surface area contributed by atoms with Crippen LogP contribution in [0.5, 0.6) is 0 Å². The predicted octanol–water partition coefficient (Wildman–Crippen LogP) is 1.78. The first kappa shape index (κ1) is 15.3. The number of benzene rings is 2. The summed E-state index contributed by atoms with van der Waals surface area (Å²) in [5, 5.41) is 0. The molecule has 0 spiro atoms. The summed E-state index contributed by atoms with van der Waals surface area (Å²) in [5.74, 6) is 0.108. The number of nitrogens with one attached hydrogen (secondary N) is 4. The Morgan fingerprint density at radius 2 is 1.62 bits per heavy atom. The van der Waals surface area contributed by atoms with Crippen LogP contribution >= 0.6 is 0 Å². The summed E-state index contributed by atoms with van der Waals surface area (Å²) in [6, 6.07) is 18.2. The van der Waals surface area contributed by atoms with Crippen molar-refractivity contribution in [1.29, 1.82) is 0 Å². The number of hydrogen-bond donors (Lipinski definition) is 4. The largest absolute Gasteiger partial charge is 0.332 e. The van der Waals surface area contributed by atoms with Gasteiger partial charge in [-0.05, 0) is 36.1 Å². The van der Waals surface area contributed by atoms with Crippen LogP contribution in [-0.2, 0) is 0 Å². The van der Waals surface area contributed by atoms with Crippen molar-refractivity contribution in [3.8, 4) is 0 Å². The lowest BCUT2D eigenvalue weighted by molar-refractivity contribution is 0.0735. The number of carbonyl (C=O) groups is 1. The minimum Gasteiger partial charge on any atom is -0.332 e. The van der Waals surface area contributed by atoms with Gasteiger partial charge in [-0.2, -0.15) is 11.1 Å². The molecular weight excluding hydrogens is 302 g/mol. The third-order valence-electron chi connectivity index (χ3n) is 4.68. The molecule has 0 saturated carbocycles. The van der Waals surface area contributed by atoms with Crippen LogP contribution in [0.2, 0.25) is 0 Å². The Hall–Kier alpha value is -2.25. The van der Waals surface area contributed by atoms with Crippen molar-refractivity contribution in [2.75, 3.05) is 6.54 Å². The topological polar surface area (TPSA) is 68.4 Å². The molecule has 0 aliphatic carbocycles. The molecular formula is C18H21N5O. The Labute approximate surface area is 141 Å². The maximum atomic E-state index is 12.9. The zero-order valence-electron chi connectivity index (χ0n) is 13.3. The van der Waals surface area contributed by atoms with Crippen molar-refractivity contribution in [1.82, 2.24) is 26.8 Å². The molecule has 2 aliphatic rings. The third-order valence-corrected chi connectivity index (χ3v) is 4.68. The Balaban J connectivity index is 1.52. The maximum absolute atomic E-state index is 12.9. The lowest BCUT2D eigenvalue weighted by Gasteiger charge is -2.25. The summed E-state index contributed by atoms with van der Waals surface area (Å²) >= 11 is 0. The molecule has 0 bridgehead atoms. The van der Waals surface area contributed by atoms with Crippen LogP contribution in [0.4, 0.5) is 0 Å². The van der Waals surface area contributed by atoms with Gasteiger partial charge in [0.2, 0.25) is 0 Å². The zero-order valence-corrected chi connectivity index (χ0v) is 13.3. The second kappa shape index (κ2) is 6.70. The summed E-state index contributed by atoms with van der Waals surface area (Å²) < 4.78 is 0. The number of carbonyl (C=O) groups excluding carboxylic acids is 1. The lowest BCUT2D eigenvalue weighted by atomic mass is 10.0. The molecule has 2 aromatic rings. The zero-order chi connectivity index (χ0) is 16.4. The van der Waals surface area contributed by atoms with Gasteiger partial charge in [-0.15, -0.1) is 0 Å². The van der Waals surface area contributed by atoms with Crippen molar-refractivity contribution in [2.45, 2.75) is 25.0 Å². The molecule has 2 aromatic carbocycles. The van der Waals surface area contributed by atoms with Crippen LogP contribution in [-0.4, -0.2) is 17.4 Å². The summed E-state index contributed by atoms with van der Waals surface area (Å²) in [4.78, 5) is 14.9. The molecule has 6 heteroatoms. The first-order valence-electron chi connectivity index (χ1n) is 8.30. The van der Waals surface area contributed by atoms with E-state index in [-0.39, 0.29) is 18.1 Å². The highest BCUT2D eigenvalue weighted by atomic mass is 16.2. The van der Waals surface area contributed by atoms with Gasteiger partial charge in [-0.25, -0.2) is 10.9 Å². The molecule has 0 aromatic heterocycles. The van der Waals surface area contributed by atoms with E-state index in [0.717, 1.165) is 30.5 Å². The van der Waals surface area contributed by atoms with Gasteiger partial charge in [0.25, 0.3) is 5.91 Å². The molecule has 1 amide bonds. The quantitative estimate of drug-likeness (QED) is 0.693. The minimum absolute atomic E-state index is 0.0157. The van der Waals surface area contributed by atoms with E-state index in [1.54, 1.807) is 0 Å². The molecule has 4 N–H and O–H groups in total. The number of hydrogen-bond acceptors (Lipinski definition) is 5. The monoisotopic (exact) mass is 323 g/mol. The van der Waals surface area contributed by atoms with E-state index in [2.05, 4.69) is 34.1 Å². The normalized spacial score (nSPS) is 21.3. The standard InChI is InChI=1S/C18H21N5O/c24-18(15-10-8-14(9-11-15)17-19-21-22-20-17)23-12-4-7-16(23)13-5-2-1-3-6-13/h1-3,5-6,8-11,16-17,19-22H,4,7,12H2. The second-order valence-electron chi connectivity index (χ2n) is 6.16. The van der Waals surface area contributed by atoms with E-state index >= 15 is 0 Å². The molecule has 2 saturated heterocycles. The van der Waals surface area contributed by atoms with Crippen molar-refractivity contribution in [3.05, 3.63) is 71.3 Å². The van der Waals surface area contributed by atoms with E-state index in [9.17, 15) is 4.79 Å². The van der Waals surface area contributed by atoms with Crippen LogP contribution in [0, 0.1) is 0 Å². The highest BCUT2D eigenvalue weighted by Crippen LogP contribution is 2.33. The number of likely N-dealkylation sites (tertiary alicyclic amines) is 1. The fourth-order valence-electron chi connectivity index (χ4n) is 3.43. The van der Waals surface area contributed by atoms with E-state index in [1.807, 2.05) is 47.4 Å². The molecule has 1 atom stereocenters. The number of amides is 1. The Morgan fingerprint density at radius 1 is 0.917 bits per heavy atom. The first-order chi connectivity index (χ1) is 11.8. The molecule has 1 unspecified atom stereocenters. The molecule has 0 radical (unpaired) electrons. The second-order valence-corrected chi connectivity index (χ2v) is 6.16. The number of hydrazine groups is 3. The summed E-state index contributed by atoms with van der Waals surface area (Å²) in [5.41, 5.74) is 14.7. The maximum Gasteiger partial charge on any atom is 0.254 e. The van der Waals surface area contributed by atoms with Gasteiger partial charge < -0.3 is 4.90 Å². The number of nitrogens with zero attached hydrogens (tertiary/aromatic N) is 1. The predicted molar refractivity (Wildman–Crippen MR) is 91.2 cm³/mol. The molecule has 6 nitrogen and oxygen atoms in total. The number of rotatable bonds is 3. The van der Waals surface area contributed by atoms with Crippen molar-refractivity contribution in [3.63, 3.8) is 0 Å². The highest BCUT2D eigenvalue weighted by molar-refractivity contribution is 5.94. The van der Waals surface area contributed by atoms with Crippen LogP contribution in [0.3, 0.4) is 0 Å². The Bertz CT molecular complexity index is 697. The van der Waals surface area contributed by atoms with Crippen LogP contribution in [0.15, 0.2) is 54.6 Å². The van der Waals surface area contributed by atoms with Gasteiger partial charge >= 0.3 is 0 Å². The SMILES string of the molecule is O=C(c1ccc(C2NNNN2)cc1)N1CCCC1c1ccccc1. The van der Waals surface area contributed by atoms with Gasteiger partial charge in [0.05, 0.1) is 6.04 Å². The molecule has 2 aliphatic heterocycles. The van der Waals surface area contributed by atoms with E-state index in [1.165, 1.54) is 5.56 Å². The van der Waals surface area contributed by atoms with E-state index in [0.29, 0.717) is 0 Å². The van der Waals surface area contributed by atoms with Gasteiger partial charge in [-0.3, -0.25) is 4.79 Å². The average Bonchev–Trinajstić information content (AvgIpc) is 3.34. The first-order valence-corrected chi connectivity index (χ1v) is 8.30. The fourth-order valence-corrected chi connectivity index (χ4v) is 3.43. The van der Waals surface area contributed by atoms with Crippen LogP contribution in [0.25, 0.3) is 0 Å². The van der Waals surface area contributed by atoms with Crippen molar-refractivity contribution >= 4 is 5.91 Å². The summed E-state index contributed by atoms with van der Waals surface area (Å²) in [6.07, 6.45) is 2.07. The van der Waals surface area contributed by atoms with Crippen LogP contribution in [0.1, 0.15) is 46.5 Å². The molecule has 24 heavy (non-hydrogen) atoms. The van der Waals surface area contributed by atoms with Crippen molar-refractivity contribution in [2.24, 2.45) is 0 Å². The van der Waals surface area contributed by atoms with Crippen molar-refractivity contribution < 1.29 is 4.79 Å². The average molecular weight is 323 g/mol.